The number of nitro groups is 1. The smallest absolute Gasteiger partial charge is 0.421 e. The molecule has 3 amide bonds. The van der Waals surface area contributed by atoms with Gasteiger partial charge in [0, 0.05) is 24.2 Å². The van der Waals surface area contributed by atoms with E-state index in [1.54, 1.807) is 35.0 Å². The normalized spacial score (nSPS) is 21.4. The molecule has 0 saturated carbocycles. The summed E-state index contributed by atoms with van der Waals surface area (Å²) in [7, 11) is 0. The van der Waals surface area contributed by atoms with Gasteiger partial charge in [-0.25, -0.2) is 14.4 Å². The highest BCUT2D eigenvalue weighted by atomic mass is 16.6. The molecule has 0 bridgehead atoms. The quantitative estimate of drug-likeness (QED) is 0.0454. The number of aromatic hydroxyl groups is 1. The molecular formula is C53H41N7O9. The lowest BCUT2D eigenvalue weighted by Crippen LogP contribution is -2.55. The number of morpholine rings is 1. The van der Waals surface area contributed by atoms with Crippen molar-refractivity contribution in [2.45, 2.75) is 42.8 Å². The fourth-order valence-electron chi connectivity index (χ4n) is 10.1. The predicted octanol–water partition coefficient (Wildman–Crippen LogP) is 7.40. The fraction of sp³-hybridized carbons (Fsp3) is 0.170. The molecule has 16 heteroatoms. The number of phenols is 1. The lowest BCUT2D eigenvalue weighted by molar-refractivity contribution is -0.384. The number of ether oxygens (including phenoxy) is 2. The Morgan fingerprint density at radius 1 is 0.870 bits per heavy atom. The van der Waals surface area contributed by atoms with E-state index in [1.807, 2.05) is 89.8 Å². The Hall–Kier alpha value is -8.94. The summed E-state index contributed by atoms with van der Waals surface area (Å²) in [6.07, 6.45) is -0.574. The van der Waals surface area contributed by atoms with Crippen LogP contribution in [-0.2, 0) is 42.4 Å². The number of rotatable bonds is 10. The second kappa shape index (κ2) is 18.0. The first-order valence-corrected chi connectivity index (χ1v) is 22.0. The van der Waals surface area contributed by atoms with Crippen molar-refractivity contribution in [2.24, 2.45) is 5.92 Å². The van der Waals surface area contributed by atoms with Crippen LogP contribution >= 0.6 is 0 Å². The zero-order chi connectivity index (χ0) is 47.8. The third-order valence-corrected chi connectivity index (χ3v) is 12.9. The third-order valence-electron chi connectivity index (χ3n) is 12.9. The number of cyclic esters (lactones) is 1. The Kier molecular flexibility index (Phi) is 11.5. The van der Waals surface area contributed by atoms with E-state index in [4.69, 9.17) is 9.47 Å². The van der Waals surface area contributed by atoms with Crippen LogP contribution in [0, 0.1) is 27.9 Å². The number of anilines is 1. The van der Waals surface area contributed by atoms with Crippen molar-refractivity contribution in [1.29, 1.82) is 0 Å². The van der Waals surface area contributed by atoms with E-state index in [-0.39, 0.29) is 42.4 Å². The Balaban J connectivity index is 1.20. The largest absolute Gasteiger partial charge is 0.508 e. The van der Waals surface area contributed by atoms with Gasteiger partial charge >= 0.3 is 12.1 Å². The molecule has 2 fully saturated rings. The number of carbonyl (C=O) groups is 4. The molecule has 7 aromatic rings. The lowest BCUT2D eigenvalue weighted by Gasteiger charge is -2.46. The van der Waals surface area contributed by atoms with E-state index in [0.29, 0.717) is 33.3 Å². The SMILES string of the molecule is C=CCNC(=O)[C@H]1[C@@H]2C(=O)O[C@@H](c3ccccc3)[C@@H](c3ccccc3)N2[C@@H](c2ccc(O)cc2)[C@]12C(=O)N(C(=O)OCc1ccc([N+](=O)[O-])cc1)c1ccc(C#CCn3nnc4ccccc43)cc12. The molecule has 342 valence electrons. The second-order valence-corrected chi connectivity index (χ2v) is 16.8. The summed E-state index contributed by atoms with van der Waals surface area (Å²) in [5.41, 5.74) is 2.11. The highest BCUT2D eigenvalue weighted by molar-refractivity contribution is 6.23. The number of benzene rings is 6. The molecule has 4 heterocycles. The molecule has 0 unspecified atom stereocenters. The highest BCUT2D eigenvalue weighted by Gasteiger charge is 2.75. The van der Waals surface area contributed by atoms with E-state index < -0.39 is 64.4 Å². The highest BCUT2D eigenvalue weighted by Crippen LogP contribution is 2.66. The molecular weight excluding hydrogens is 879 g/mol. The van der Waals surface area contributed by atoms with Gasteiger partial charge in [0.2, 0.25) is 11.8 Å². The number of fused-ring (bicyclic) bond motifs is 4. The minimum Gasteiger partial charge on any atom is -0.508 e. The maximum Gasteiger partial charge on any atom is 0.421 e. The van der Waals surface area contributed by atoms with Gasteiger partial charge in [-0.1, -0.05) is 108 Å². The van der Waals surface area contributed by atoms with Gasteiger partial charge in [-0.2, -0.15) is 0 Å². The summed E-state index contributed by atoms with van der Waals surface area (Å²) in [5, 5.41) is 33.4. The molecule has 16 nitrogen and oxygen atoms in total. The van der Waals surface area contributed by atoms with Crippen LogP contribution in [-0.4, -0.2) is 66.4 Å². The van der Waals surface area contributed by atoms with Gasteiger partial charge < -0.3 is 19.9 Å². The molecule has 3 aliphatic rings. The average molecular weight is 920 g/mol. The zero-order valence-corrected chi connectivity index (χ0v) is 36.6. The number of carbonyl (C=O) groups excluding carboxylic acids is 4. The van der Waals surface area contributed by atoms with Crippen molar-refractivity contribution in [1.82, 2.24) is 25.2 Å². The number of nitrogens with zero attached hydrogens (tertiary/aromatic N) is 6. The standard InChI is InChI=1S/C53H41N7O9/c1-2-29-54-49(62)44-46-50(63)69-47(36-15-7-4-8-16-36)45(35-13-5-3-6-14-35)59(46)48(37-22-26-39(61)27-23-37)53(44)40-31-33(12-11-30-57-43-18-10-9-17-41(43)55-56-57)21-28-42(40)58(51(53)64)52(65)68-32-34-19-24-38(25-20-34)60(66)67/h2-10,13-28,31,44-48,61H,1,29-30,32H2,(H,54,62)/t44-,45-,46-,47+,48+,53-/m1/s1. The van der Waals surface area contributed by atoms with Gasteiger partial charge in [0.25, 0.3) is 5.69 Å². The summed E-state index contributed by atoms with van der Waals surface area (Å²) in [6.45, 7) is 3.54. The number of aromatic nitrogens is 3. The molecule has 6 aromatic carbocycles. The van der Waals surface area contributed by atoms with Gasteiger partial charge in [0.1, 0.15) is 42.0 Å². The maximum absolute atomic E-state index is 16.3. The van der Waals surface area contributed by atoms with Crippen LogP contribution in [0.15, 0.2) is 164 Å². The number of imide groups is 1. The molecule has 2 N–H and O–H groups in total. The summed E-state index contributed by atoms with van der Waals surface area (Å²) < 4.78 is 14.0. The first-order chi connectivity index (χ1) is 33.6. The van der Waals surface area contributed by atoms with E-state index in [0.717, 1.165) is 10.4 Å². The average Bonchev–Trinajstić information content (AvgIpc) is 4.01. The number of hydrogen-bond acceptors (Lipinski definition) is 12. The fourth-order valence-corrected chi connectivity index (χ4v) is 10.1. The molecule has 6 atom stereocenters. The molecule has 2 saturated heterocycles. The summed E-state index contributed by atoms with van der Waals surface area (Å²) >= 11 is 0. The number of nitro benzene ring substituents is 1. The van der Waals surface area contributed by atoms with Crippen molar-refractivity contribution in [3.8, 4) is 17.6 Å². The van der Waals surface area contributed by atoms with Gasteiger partial charge in [0.05, 0.1) is 34.1 Å². The number of hydrogen-bond donors (Lipinski definition) is 2. The van der Waals surface area contributed by atoms with Crippen LogP contribution in [0.4, 0.5) is 16.2 Å². The Morgan fingerprint density at radius 2 is 1.57 bits per heavy atom. The first kappa shape index (κ1) is 43.9. The third kappa shape index (κ3) is 7.60. The van der Waals surface area contributed by atoms with Crippen molar-refractivity contribution >= 4 is 46.3 Å². The number of para-hydroxylation sites is 1. The van der Waals surface area contributed by atoms with E-state index in [2.05, 4.69) is 34.0 Å². The number of esters is 1. The lowest BCUT2D eigenvalue weighted by atomic mass is 9.65. The molecule has 0 aliphatic carbocycles. The van der Waals surface area contributed by atoms with E-state index in [1.165, 1.54) is 42.5 Å². The van der Waals surface area contributed by atoms with Gasteiger partial charge in [-0.3, -0.25) is 29.4 Å². The molecule has 10 rings (SSSR count). The van der Waals surface area contributed by atoms with Crippen LogP contribution in [0.25, 0.3) is 11.0 Å². The number of amides is 3. The maximum atomic E-state index is 16.3. The van der Waals surface area contributed by atoms with E-state index >= 15 is 14.4 Å². The molecule has 0 radical (unpaired) electrons. The van der Waals surface area contributed by atoms with E-state index in [9.17, 15) is 20.0 Å². The minimum absolute atomic E-state index is 0.0314. The van der Waals surface area contributed by atoms with Crippen LogP contribution < -0.4 is 10.2 Å². The number of non-ortho nitro benzene ring substituents is 1. The molecule has 3 aliphatic heterocycles. The summed E-state index contributed by atoms with van der Waals surface area (Å²) in [4.78, 5) is 75.1. The van der Waals surface area contributed by atoms with Gasteiger partial charge in [0.15, 0.2) is 0 Å². The van der Waals surface area contributed by atoms with Crippen molar-refractivity contribution in [2.75, 3.05) is 11.4 Å². The molecule has 69 heavy (non-hydrogen) atoms. The Labute approximate surface area is 394 Å². The van der Waals surface area contributed by atoms with Gasteiger partial charge in [-0.05, 0) is 82.4 Å². The summed E-state index contributed by atoms with van der Waals surface area (Å²) in [5.74, 6) is 2.36. The first-order valence-electron chi connectivity index (χ1n) is 22.0. The molecule has 1 spiro atoms. The van der Waals surface area contributed by atoms with Crippen molar-refractivity contribution < 1.29 is 38.7 Å². The van der Waals surface area contributed by atoms with Crippen LogP contribution in [0.1, 0.15) is 51.6 Å². The van der Waals surface area contributed by atoms with Crippen LogP contribution in [0.2, 0.25) is 0 Å². The molecule has 1 aromatic heterocycles. The predicted molar refractivity (Wildman–Crippen MR) is 251 cm³/mol. The topological polar surface area (TPSA) is 199 Å². The van der Waals surface area contributed by atoms with Crippen molar-refractivity contribution in [3.63, 3.8) is 0 Å². The monoisotopic (exact) mass is 919 g/mol. The number of nitrogens with one attached hydrogen (secondary N) is 1. The number of phenolic OH excluding ortho intramolecular Hbond substituents is 1. The Morgan fingerprint density at radius 3 is 2.28 bits per heavy atom. The minimum atomic E-state index is -2.11. The second-order valence-electron chi connectivity index (χ2n) is 16.8. The van der Waals surface area contributed by atoms with Crippen molar-refractivity contribution in [3.05, 3.63) is 208 Å². The summed E-state index contributed by atoms with van der Waals surface area (Å²) in [6, 6.07) is 39.0. The van der Waals surface area contributed by atoms with Crippen LogP contribution in [0.5, 0.6) is 5.75 Å². The van der Waals surface area contributed by atoms with Gasteiger partial charge in [-0.15, -0.1) is 11.7 Å². The zero-order valence-electron chi connectivity index (χ0n) is 36.6. The van der Waals surface area contributed by atoms with Crippen LogP contribution in [0.3, 0.4) is 0 Å². The Bertz CT molecular complexity index is 3220.